The highest BCUT2D eigenvalue weighted by atomic mass is 16.5. The van der Waals surface area contributed by atoms with Crippen molar-refractivity contribution >= 4 is 16.7 Å². The summed E-state index contributed by atoms with van der Waals surface area (Å²) in [5.74, 6) is 0.597. The molecule has 1 aromatic carbocycles. The molecule has 0 atom stereocenters. The van der Waals surface area contributed by atoms with E-state index in [1.165, 1.54) is 15.6 Å². The van der Waals surface area contributed by atoms with E-state index in [2.05, 4.69) is 15.4 Å². The molecule has 0 aliphatic heterocycles. The third-order valence-corrected chi connectivity index (χ3v) is 3.25. The number of rotatable bonds is 3. The number of aromatic nitrogens is 5. The predicted molar refractivity (Wildman–Crippen MR) is 77.1 cm³/mol. The summed E-state index contributed by atoms with van der Waals surface area (Å²) in [6.45, 7) is 0.283. The van der Waals surface area contributed by atoms with Crippen molar-refractivity contribution < 1.29 is 4.74 Å². The summed E-state index contributed by atoms with van der Waals surface area (Å²) < 4.78 is 7.90. The molecule has 0 aliphatic rings. The number of nitrogen functional groups attached to an aromatic ring is 1. The van der Waals surface area contributed by atoms with E-state index >= 15 is 0 Å². The number of nitrogens with two attached hydrogens (primary N) is 1. The molecule has 3 rings (SSSR count). The lowest BCUT2D eigenvalue weighted by atomic mass is 10.2. The van der Waals surface area contributed by atoms with Crippen molar-refractivity contribution in [2.75, 3.05) is 12.8 Å². The van der Waals surface area contributed by atoms with Crippen molar-refractivity contribution in [2.45, 2.75) is 6.54 Å². The van der Waals surface area contributed by atoms with Crippen LogP contribution in [-0.2, 0) is 13.6 Å². The Hall–Kier alpha value is -2.90. The van der Waals surface area contributed by atoms with E-state index in [0.29, 0.717) is 22.5 Å². The molecule has 0 amide bonds. The van der Waals surface area contributed by atoms with Crippen LogP contribution in [0.4, 0.5) is 5.69 Å². The van der Waals surface area contributed by atoms with Gasteiger partial charge in [0.1, 0.15) is 11.1 Å². The maximum absolute atomic E-state index is 12.3. The van der Waals surface area contributed by atoms with Crippen molar-refractivity contribution in [1.82, 2.24) is 24.8 Å². The standard InChI is InChI=1S/C13H14N6O2/c1-18-12-9(6-15-18)13(20)19(17-16-12)7-8-3-4-11(21-2)10(14)5-8/h3-6H,7,14H2,1-2H3. The second-order valence-corrected chi connectivity index (χ2v) is 4.63. The van der Waals surface area contributed by atoms with E-state index in [1.54, 1.807) is 26.3 Å². The molecule has 0 fully saturated rings. The molecule has 0 bridgehead atoms. The fraction of sp³-hybridized carbons (Fsp3) is 0.231. The van der Waals surface area contributed by atoms with Crippen molar-refractivity contribution in [3.8, 4) is 5.75 Å². The minimum Gasteiger partial charge on any atom is -0.495 e. The Labute approximate surface area is 119 Å². The highest BCUT2D eigenvalue weighted by Crippen LogP contribution is 2.22. The fourth-order valence-corrected chi connectivity index (χ4v) is 2.14. The Kier molecular flexibility index (Phi) is 3.05. The Morgan fingerprint density at radius 2 is 2.19 bits per heavy atom. The molecule has 0 saturated carbocycles. The van der Waals surface area contributed by atoms with Gasteiger partial charge in [0.2, 0.25) is 0 Å². The van der Waals surface area contributed by atoms with Gasteiger partial charge in [0.25, 0.3) is 5.56 Å². The van der Waals surface area contributed by atoms with Gasteiger partial charge in [-0.1, -0.05) is 11.3 Å². The number of fused-ring (bicyclic) bond motifs is 1. The SMILES string of the molecule is COc1ccc(Cn2nnc3c(cnn3C)c2=O)cc1N. The van der Waals surface area contributed by atoms with Crippen LogP contribution in [0.3, 0.4) is 0 Å². The molecule has 2 N–H and O–H groups in total. The maximum atomic E-state index is 12.3. The summed E-state index contributed by atoms with van der Waals surface area (Å²) in [5.41, 5.74) is 7.44. The number of ether oxygens (including phenoxy) is 1. The molecule has 0 spiro atoms. The lowest BCUT2D eigenvalue weighted by Gasteiger charge is -2.08. The van der Waals surface area contributed by atoms with Crippen molar-refractivity contribution in [2.24, 2.45) is 7.05 Å². The van der Waals surface area contributed by atoms with Gasteiger partial charge in [-0.05, 0) is 17.7 Å². The molecular weight excluding hydrogens is 272 g/mol. The number of hydrogen-bond acceptors (Lipinski definition) is 6. The van der Waals surface area contributed by atoms with Crippen molar-refractivity contribution in [1.29, 1.82) is 0 Å². The maximum Gasteiger partial charge on any atom is 0.281 e. The number of aryl methyl sites for hydroxylation is 1. The summed E-state index contributed by atoms with van der Waals surface area (Å²) in [4.78, 5) is 12.3. The van der Waals surface area contributed by atoms with Gasteiger partial charge in [-0.2, -0.15) is 5.10 Å². The molecular formula is C13H14N6O2. The third-order valence-electron chi connectivity index (χ3n) is 3.25. The number of anilines is 1. The topological polar surface area (TPSA) is 101 Å². The van der Waals surface area contributed by atoms with Crippen LogP contribution in [0.25, 0.3) is 11.0 Å². The van der Waals surface area contributed by atoms with Gasteiger partial charge >= 0.3 is 0 Å². The minimum atomic E-state index is -0.234. The van der Waals surface area contributed by atoms with E-state index in [4.69, 9.17) is 10.5 Å². The van der Waals surface area contributed by atoms with Crippen LogP contribution < -0.4 is 16.0 Å². The average molecular weight is 286 g/mol. The van der Waals surface area contributed by atoms with Gasteiger partial charge in [0.15, 0.2) is 5.65 Å². The van der Waals surface area contributed by atoms with Gasteiger partial charge in [0, 0.05) is 7.05 Å². The molecule has 21 heavy (non-hydrogen) atoms. The van der Waals surface area contributed by atoms with E-state index in [0.717, 1.165) is 5.56 Å². The van der Waals surface area contributed by atoms with Crippen LogP contribution in [0, 0.1) is 0 Å². The Bertz CT molecular complexity index is 867. The number of methoxy groups -OCH3 is 1. The Morgan fingerprint density at radius 1 is 1.38 bits per heavy atom. The molecule has 0 radical (unpaired) electrons. The first kappa shape index (κ1) is 13.1. The number of nitrogens with zero attached hydrogens (tertiary/aromatic N) is 5. The molecule has 8 nitrogen and oxygen atoms in total. The second kappa shape index (κ2) is 4.89. The van der Waals surface area contributed by atoms with Crippen LogP contribution in [0.2, 0.25) is 0 Å². The van der Waals surface area contributed by atoms with Crippen LogP contribution in [0.15, 0.2) is 29.2 Å². The largest absolute Gasteiger partial charge is 0.495 e. The first-order valence-electron chi connectivity index (χ1n) is 6.28. The fourth-order valence-electron chi connectivity index (χ4n) is 2.14. The van der Waals surface area contributed by atoms with Gasteiger partial charge < -0.3 is 10.5 Å². The molecule has 3 aromatic rings. The molecule has 0 unspecified atom stereocenters. The van der Waals surface area contributed by atoms with Crippen LogP contribution >= 0.6 is 0 Å². The van der Waals surface area contributed by atoms with E-state index in [1.807, 2.05) is 6.07 Å². The van der Waals surface area contributed by atoms with Crippen molar-refractivity contribution in [3.63, 3.8) is 0 Å². The van der Waals surface area contributed by atoms with E-state index in [9.17, 15) is 4.79 Å². The molecule has 0 aliphatic carbocycles. The molecule has 2 aromatic heterocycles. The quantitative estimate of drug-likeness (QED) is 0.688. The molecule has 0 saturated heterocycles. The number of hydrogen-bond donors (Lipinski definition) is 1. The Morgan fingerprint density at radius 3 is 2.90 bits per heavy atom. The summed E-state index contributed by atoms with van der Waals surface area (Å²) in [5, 5.41) is 12.4. The zero-order valence-electron chi connectivity index (χ0n) is 11.6. The zero-order chi connectivity index (χ0) is 15.0. The van der Waals surface area contributed by atoms with Gasteiger partial charge in [-0.3, -0.25) is 4.79 Å². The Balaban J connectivity index is 2.00. The average Bonchev–Trinajstić information content (AvgIpc) is 2.84. The van der Waals surface area contributed by atoms with Crippen LogP contribution in [0.1, 0.15) is 5.56 Å². The molecule has 108 valence electrons. The summed E-state index contributed by atoms with van der Waals surface area (Å²) in [7, 11) is 3.27. The zero-order valence-corrected chi connectivity index (χ0v) is 11.6. The van der Waals surface area contributed by atoms with Crippen molar-refractivity contribution in [3.05, 3.63) is 40.3 Å². The lowest BCUT2D eigenvalue weighted by Crippen LogP contribution is -2.24. The highest BCUT2D eigenvalue weighted by molar-refractivity contribution is 5.72. The summed E-state index contributed by atoms with van der Waals surface area (Å²) in [6, 6.07) is 5.34. The number of benzene rings is 1. The van der Waals surface area contributed by atoms with Crippen LogP contribution in [-0.4, -0.2) is 31.9 Å². The lowest BCUT2D eigenvalue weighted by molar-refractivity contribution is 0.416. The van der Waals surface area contributed by atoms with E-state index in [-0.39, 0.29) is 12.1 Å². The first-order valence-corrected chi connectivity index (χ1v) is 6.28. The van der Waals surface area contributed by atoms with Gasteiger partial charge in [-0.25, -0.2) is 9.36 Å². The predicted octanol–water partition coefficient (Wildman–Crippen LogP) is 0.164. The van der Waals surface area contributed by atoms with E-state index < -0.39 is 0 Å². The highest BCUT2D eigenvalue weighted by Gasteiger charge is 2.10. The minimum absolute atomic E-state index is 0.234. The molecule has 8 heteroatoms. The molecule has 2 heterocycles. The van der Waals surface area contributed by atoms with Gasteiger partial charge in [0.05, 0.1) is 25.5 Å². The van der Waals surface area contributed by atoms with Crippen LogP contribution in [0.5, 0.6) is 5.75 Å². The summed E-state index contributed by atoms with van der Waals surface area (Å²) in [6.07, 6.45) is 1.49. The summed E-state index contributed by atoms with van der Waals surface area (Å²) >= 11 is 0. The monoisotopic (exact) mass is 286 g/mol. The second-order valence-electron chi connectivity index (χ2n) is 4.63. The first-order chi connectivity index (χ1) is 10.1. The smallest absolute Gasteiger partial charge is 0.281 e. The van der Waals surface area contributed by atoms with Gasteiger partial charge in [-0.15, -0.1) is 5.10 Å². The normalized spacial score (nSPS) is 11.0. The third kappa shape index (κ3) is 2.20.